The van der Waals surface area contributed by atoms with Gasteiger partial charge in [0.25, 0.3) is 5.91 Å². The van der Waals surface area contributed by atoms with Crippen LogP contribution in [0.2, 0.25) is 0 Å². The highest BCUT2D eigenvalue weighted by Gasteiger charge is 2.27. The first-order chi connectivity index (χ1) is 15.5. The van der Waals surface area contributed by atoms with Gasteiger partial charge in [-0.2, -0.15) is 0 Å². The Balaban J connectivity index is 1.32. The maximum atomic E-state index is 12.7. The van der Waals surface area contributed by atoms with Crippen LogP contribution in [-0.4, -0.2) is 42.0 Å². The first-order valence-electron chi connectivity index (χ1n) is 10.7. The number of anilines is 2. The lowest BCUT2D eigenvalue weighted by Gasteiger charge is -2.31. The van der Waals surface area contributed by atoms with Gasteiger partial charge in [0.2, 0.25) is 0 Å². The summed E-state index contributed by atoms with van der Waals surface area (Å²) in [5.41, 5.74) is 2.46. The lowest BCUT2D eigenvalue weighted by molar-refractivity contribution is -0.139. The van der Waals surface area contributed by atoms with Gasteiger partial charge in [0.05, 0.1) is 12.1 Å². The van der Waals surface area contributed by atoms with E-state index in [1.54, 1.807) is 54.8 Å². The molecule has 0 atom stereocenters. The first kappa shape index (κ1) is 21.5. The number of aromatic nitrogens is 2. The van der Waals surface area contributed by atoms with Crippen molar-refractivity contribution in [2.45, 2.75) is 19.8 Å². The van der Waals surface area contributed by atoms with Crippen LogP contribution < -0.4 is 14.5 Å². The number of carbonyl (C=O) groups excluding carboxylic acids is 2. The van der Waals surface area contributed by atoms with Crippen molar-refractivity contribution >= 4 is 23.4 Å². The number of aryl methyl sites for hydroxylation is 1. The molecule has 7 heteroatoms. The van der Waals surface area contributed by atoms with Gasteiger partial charge in [0.15, 0.2) is 0 Å². The molecule has 0 saturated carbocycles. The maximum absolute atomic E-state index is 12.7. The molecule has 3 aromatic rings. The number of amides is 1. The Bertz CT molecular complexity index is 1060. The second-order valence-corrected chi connectivity index (χ2v) is 7.97. The molecular formula is C25H26N4O3. The van der Waals surface area contributed by atoms with Crippen molar-refractivity contribution in [2.75, 3.05) is 29.9 Å². The van der Waals surface area contributed by atoms with Gasteiger partial charge in [-0.05, 0) is 56.2 Å². The van der Waals surface area contributed by atoms with Crippen molar-refractivity contribution < 1.29 is 14.3 Å². The van der Waals surface area contributed by atoms with Crippen LogP contribution in [0.3, 0.4) is 0 Å². The van der Waals surface area contributed by atoms with E-state index >= 15 is 0 Å². The summed E-state index contributed by atoms with van der Waals surface area (Å²) in [6, 6.07) is 14.5. The summed E-state index contributed by atoms with van der Waals surface area (Å²) in [7, 11) is 1.73. The van der Waals surface area contributed by atoms with Gasteiger partial charge < -0.3 is 14.5 Å². The molecule has 0 unspecified atom stereocenters. The minimum atomic E-state index is -0.222. The largest absolute Gasteiger partial charge is 0.426 e. The molecule has 1 saturated heterocycles. The summed E-state index contributed by atoms with van der Waals surface area (Å²) < 4.78 is 5.60. The molecule has 0 bridgehead atoms. The molecule has 2 heterocycles. The molecule has 2 aromatic carbocycles. The fraction of sp³-hybridized carbons (Fsp3) is 0.280. The predicted molar refractivity (Wildman–Crippen MR) is 123 cm³/mol. The Labute approximate surface area is 187 Å². The third-order valence-electron chi connectivity index (χ3n) is 5.75. The van der Waals surface area contributed by atoms with Gasteiger partial charge >= 0.3 is 5.97 Å². The van der Waals surface area contributed by atoms with E-state index in [9.17, 15) is 9.59 Å². The molecule has 4 rings (SSSR count). The molecule has 0 aliphatic carbocycles. The predicted octanol–water partition coefficient (Wildman–Crippen LogP) is 3.88. The van der Waals surface area contributed by atoms with Gasteiger partial charge in [-0.25, -0.2) is 4.98 Å². The summed E-state index contributed by atoms with van der Waals surface area (Å²) >= 11 is 0. The zero-order valence-corrected chi connectivity index (χ0v) is 18.3. The Morgan fingerprint density at radius 3 is 2.31 bits per heavy atom. The van der Waals surface area contributed by atoms with Gasteiger partial charge in [0.1, 0.15) is 11.6 Å². The molecule has 1 aliphatic rings. The van der Waals surface area contributed by atoms with Crippen LogP contribution in [0.4, 0.5) is 11.5 Å². The molecular weight excluding hydrogens is 404 g/mol. The van der Waals surface area contributed by atoms with Gasteiger partial charge in [-0.15, -0.1) is 0 Å². The van der Waals surface area contributed by atoms with E-state index in [0.717, 1.165) is 30.2 Å². The van der Waals surface area contributed by atoms with Gasteiger partial charge in [0, 0.05) is 43.8 Å². The summed E-state index contributed by atoms with van der Waals surface area (Å²) in [4.78, 5) is 37.4. The number of hydrogen-bond donors (Lipinski definition) is 0. The number of benzene rings is 2. The number of carbonyl (C=O) groups is 2. The van der Waals surface area contributed by atoms with Crippen molar-refractivity contribution in [3.05, 3.63) is 78.2 Å². The van der Waals surface area contributed by atoms with Crippen LogP contribution in [0.1, 0.15) is 28.8 Å². The first-order valence-corrected chi connectivity index (χ1v) is 10.7. The van der Waals surface area contributed by atoms with Crippen molar-refractivity contribution in [3.63, 3.8) is 0 Å². The summed E-state index contributed by atoms with van der Waals surface area (Å²) in [5, 5.41) is 0. The van der Waals surface area contributed by atoms with Crippen LogP contribution in [0.5, 0.6) is 5.75 Å². The molecule has 0 N–H and O–H groups in total. The fourth-order valence-electron chi connectivity index (χ4n) is 3.74. The van der Waals surface area contributed by atoms with Gasteiger partial charge in [-0.1, -0.05) is 17.7 Å². The molecule has 164 valence electrons. The Morgan fingerprint density at radius 1 is 1.00 bits per heavy atom. The average Bonchev–Trinajstić information content (AvgIpc) is 2.85. The molecule has 32 heavy (non-hydrogen) atoms. The Morgan fingerprint density at radius 2 is 1.69 bits per heavy atom. The maximum Gasteiger partial charge on any atom is 0.314 e. The zero-order chi connectivity index (χ0) is 22.5. The Hall–Kier alpha value is -3.74. The van der Waals surface area contributed by atoms with E-state index in [1.807, 2.05) is 31.2 Å². The quantitative estimate of drug-likeness (QED) is 0.452. The lowest BCUT2D eigenvalue weighted by atomic mass is 9.97. The van der Waals surface area contributed by atoms with Crippen LogP contribution >= 0.6 is 0 Å². The molecule has 0 radical (unpaired) electrons. The summed E-state index contributed by atoms with van der Waals surface area (Å²) in [6.07, 6.45) is 6.48. The third kappa shape index (κ3) is 4.94. The SMILES string of the molecule is Cc1ccc(C(=O)N(C)c2ccc(OC(=O)C3CCN(c4cnccn4)CC3)cc2)cc1. The average molecular weight is 431 g/mol. The number of nitrogens with zero attached hydrogens (tertiary/aromatic N) is 4. The highest BCUT2D eigenvalue weighted by molar-refractivity contribution is 6.05. The van der Waals surface area contributed by atoms with Crippen molar-refractivity contribution in [1.82, 2.24) is 9.97 Å². The van der Waals surface area contributed by atoms with Crippen LogP contribution in [-0.2, 0) is 4.79 Å². The minimum Gasteiger partial charge on any atom is -0.426 e. The van der Waals surface area contributed by atoms with Crippen molar-refractivity contribution in [1.29, 1.82) is 0 Å². The fourth-order valence-corrected chi connectivity index (χ4v) is 3.74. The highest BCUT2D eigenvalue weighted by Crippen LogP contribution is 2.25. The minimum absolute atomic E-state index is 0.0930. The number of piperidine rings is 1. The number of esters is 1. The topological polar surface area (TPSA) is 75.6 Å². The van der Waals surface area contributed by atoms with Crippen molar-refractivity contribution in [2.24, 2.45) is 5.92 Å². The van der Waals surface area contributed by atoms with Gasteiger partial charge in [-0.3, -0.25) is 14.6 Å². The van der Waals surface area contributed by atoms with Crippen LogP contribution in [0.15, 0.2) is 67.1 Å². The smallest absolute Gasteiger partial charge is 0.314 e. The lowest BCUT2D eigenvalue weighted by Crippen LogP contribution is -2.38. The summed E-state index contributed by atoms with van der Waals surface area (Å²) in [5.74, 6) is 0.851. The Kier molecular flexibility index (Phi) is 6.44. The van der Waals surface area contributed by atoms with E-state index in [2.05, 4.69) is 14.9 Å². The van der Waals surface area contributed by atoms with Crippen molar-refractivity contribution in [3.8, 4) is 5.75 Å². The highest BCUT2D eigenvalue weighted by atomic mass is 16.5. The second-order valence-electron chi connectivity index (χ2n) is 7.97. The number of ether oxygens (including phenoxy) is 1. The summed E-state index contributed by atoms with van der Waals surface area (Å²) in [6.45, 7) is 3.46. The molecule has 0 spiro atoms. The molecule has 1 fully saturated rings. The zero-order valence-electron chi connectivity index (χ0n) is 18.3. The van der Waals surface area contributed by atoms with E-state index in [4.69, 9.17) is 4.74 Å². The molecule has 1 amide bonds. The molecule has 1 aliphatic heterocycles. The van der Waals surface area contributed by atoms with Crippen LogP contribution in [0, 0.1) is 12.8 Å². The standard InChI is InChI=1S/C25H26N4O3/c1-18-3-5-19(6-4-18)24(30)28(2)21-7-9-22(10-8-21)32-25(31)20-11-15-29(16-12-20)23-17-26-13-14-27-23/h3-10,13-14,17,20H,11-12,15-16H2,1-2H3. The van der Waals surface area contributed by atoms with E-state index in [1.165, 1.54) is 0 Å². The second kappa shape index (κ2) is 9.60. The molecule has 7 nitrogen and oxygen atoms in total. The third-order valence-corrected chi connectivity index (χ3v) is 5.75. The van der Waals surface area contributed by atoms with E-state index in [-0.39, 0.29) is 17.8 Å². The number of rotatable bonds is 5. The number of hydrogen-bond acceptors (Lipinski definition) is 6. The monoisotopic (exact) mass is 430 g/mol. The molecule has 1 aromatic heterocycles. The normalized spacial score (nSPS) is 14.1. The van der Waals surface area contributed by atoms with Crippen LogP contribution in [0.25, 0.3) is 0 Å². The van der Waals surface area contributed by atoms with E-state index < -0.39 is 0 Å². The van der Waals surface area contributed by atoms with E-state index in [0.29, 0.717) is 24.2 Å².